The molecular formula is C27H34N4O8. The van der Waals surface area contributed by atoms with Crippen molar-refractivity contribution < 1.29 is 39.3 Å². The first-order chi connectivity index (χ1) is 18.5. The molecule has 0 aromatic heterocycles. The molecule has 0 bridgehead atoms. The number of rotatable bonds is 15. The van der Waals surface area contributed by atoms with Crippen molar-refractivity contribution in [2.75, 3.05) is 0 Å². The summed E-state index contributed by atoms with van der Waals surface area (Å²) in [5.41, 5.74) is 7.60. The van der Waals surface area contributed by atoms with Crippen molar-refractivity contribution in [2.24, 2.45) is 5.73 Å². The Balaban J connectivity index is 2.23. The predicted octanol–water partition coefficient (Wildman–Crippen LogP) is -0.416. The van der Waals surface area contributed by atoms with Gasteiger partial charge in [-0.15, -0.1) is 0 Å². The molecule has 0 heterocycles. The topological polar surface area (TPSA) is 208 Å². The summed E-state index contributed by atoms with van der Waals surface area (Å²) in [7, 11) is 0. The van der Waals surface area contributed by atoms with Crippen LogP contribution in [-0.4, -0.2) is 75.3 Å². The lowest BCUT2D eigenvalue weighted by atomic mass is 10.0. The first-order valence-corrected chi connectivity index (χ1v) is 12.3. The highest BCUT2D eigenvalue weighted by atomic mass is 16.4. The number of nitrogens with one attached hydrogen (secondary N) is 3. The fraction of sp³-hybridized carbons (Fsp3) is 0.370. The van der Waals surface area contributed by atoms with Gasteiger partial charge in [0.25, 0.3) is 0 Å². The van der Waals surface area contributed by atoms with Crippen molar-refractivity contribution >= 4 is 29.7 Å². The molecule has 39 heavy (non-hydrogen) atoms. The second-order valence-corrected chi connectivity index (χ2v) is 9.11. The molecule has 210 valence electrons. The van der Waals surface area contributed by atoms with Crippen LogP contribution in [-0.2, 0) is 36.8 Å². The van der Waals surface area contributed by atoms with Crippen LogP contribution in [0.2, 0.25) is 0 Å². The number of aliphatic hydroxyl groups excluding tert-OH is 1. The number of carbonyl (C=O) groups excluding carboxylic acids is 3. The monoisotopic (exact) mass is 542 g/mol. The first-order valence-electron chi connectivity index (χ1n) is 12.3. The smallest absolute Gasteiger partial charge is 0.328 e. The third-order valence-corrected chi connectivity index (χ3v) is 5.88. The van der Waals surface area contributed by atoms with Gasteiger partial charge in [-0.1, -0.05) is 60.7 Å². The van der Waals surface area contributed by atoms with Crippen molar-refractivity contribution in [1.82, 2.24) is 16.0 Å². The van der Waals surface area contributed by atoms with Crippen LogP contribution < -0.4 is 21.7 Å². The second-order valence-electron chi connectivity index (χ2n) is 9.11. The van der Waals surface area contributed by atoms with Crippen LogP contribution in [0.15, 0.2) is 60.7 Å². The van der Waals surface area contributed by atoms with E-state index in [9.17, 15) is 34.2 Å². The number of carbonyl (C=O) groups is 5. The van der Waals surface area contributed by atoms with Crippen LogP contribution in [0.5, 0.6) is 0 Å². The standard InChI is InChI=1S/C27H34N4O8/c1-16(32)23(27(38)39)31-25(36)20(12-13-22(33)34)29-26(37)21(15-18-10-6-3-7-11-18)30-24(35)19(28)14-17-8-4-2-5-9-17/h2-11,16,19-21,23,32H,12-15,28H2,1H3,(H,29,37)(H,30,35)(H,31,36)(H,33,34)(H,38,39). The number of benzene rings is 2. The molecule has 12 heteroatoms. The van der Waals surface area contributed by atoms with Gasteiger partial charge in [0.2, 0.25) is 17.7 Å². The highest BCUT2D eigenvalue weighted by Gasteiger charge is 2.32. The van der Waals surface area contributed by atoms with Gasteiger partial charge in [0.1, 0.15) is 12.1 Å². The number of hydrogen-bond donors (Lipinski definition) is 7. The van der Waals surface area contributed by atoms with Crippen LogP contribution in [0.4, 0.5) is 0 Å². The van der Waals surface area contributed by atoms with Crippen LogP contribution in [0, 0.1) is 0 Å². The molecule has 2 aromatic carbocycles. The van der Waals surface area contributed by atoms with Crippen LogP contribution in [0.3, 0.4) is 0 Å². The van der Waals surface area contributed by atoms with Gasteiger partial charge in [-0.2, -0.15) is 0 Å². The van der Waals surface area contributed by atoms with Gasteiger partial charge < -0.3 is 37.0 Å². The SMILES string of the molecule is CC(O)C(NC(=O)C(CCC(=O)O)NC(=O)C(Cc1ccccc1)NC(=O)C(N)Cc1ccccc1)C(=O)O. The lowest BCUT2D eigenvalue weighted by Gasteiger charge is -2.25. The summed E-state index contributed by atoms with van der Waals surface area (Å²) >= 11 is 0. The minimum absolute atomic E-state index is 0.0369. The maximum Gasteiger partial charge on any atom is 0.328 e. The van der Waals surface area contributed by atoms with E-state index in [0.717, 1.165) is 12.5 Å². The van der Waals surface area contributed by atoms with Crippen LogP contribution in [0.1, 0.15) is 30.9 Å². The van der Waals surface area contributed by atoms with Crippen molar-refractivity contribution in [2.45, 2.75) is 62.9 Å². The fourth-order valence-corrected chi connectivity index (χ4v) is 3.75. The Kier molecular flexibility index (Phi) is 12.1. The maximum absolute atomic E-state index is 13.3. The molecule has 12 nitrogen and oxygen atoms in total. The number of hydrogen-bond acceptors (Lipinski definition) is 7. The number of carboxylic acids is 2. The average Bonchev–Trinajstić information content (AvgIpc) is 2.89. The number of carboxylic acid groups (broad SMARTS) is 2. The van der Waals surface area contributed by atoms with Crippen LogP contribution >= 0.6 is 0 Å². The summed E-state index contributed by atoms with van der Waals surface area (Å²) < 4.78 is 0. The molecule has 2 rings (SSSR count). The highest BCUT2D eigenvalue weighted by molar-refractivity contribution is 5.94. The number of aliphatic hydroxyl groups is 1. The zero-order valence-electron chi connectivity index (χ0n) is 21.4. The van der Waals surface area contributed by atoms with Crippen molar-refractivity contribution in [3.63, 3.8) is 0 Å². The van der Waals surface area contributed by atoms with E-state index in [-0.39, 0.29) is 19.3 Å². The Labute approximate surface area is 225 Å². The molecule has 0 saturated heterocycles. The Morgan fingerprint density at radius 1 is 0.744 bits per heavy atom. The predicted molar refractivity (Wildman–Crippen MR) is 140 cm³/mol. The number of aliphatic carboxylic acids is 2. The fourth-order valence-electron chi connectivity index (χ4n) is 3.75. The Morgan fingerprint density at radius 3 is 1.72 bits per heavy atom. The lowest BCUT2D eigenvalue weighted by molar-refractivity contribution is -0.145. The van der Waals surface area contributed by atoms with E-state index >= 15 is 0 Å². The molecular weight excluding hydrogens is 508 g/mol. The van der Waals surface area contributed by atoms with Crippen molar-refractivity contribution in [1.29, 1.82) is 0 Å². The molecule has 0 saturated carbocycles. The van der Waals surface area contributed by atoms with E-state index in [1.165, 1.54) is 0 Å². The molecule has 8 N–H and O–H groups in total. The molecule has 0 spiro atoms. The summed E-state index contributed by atoms with van der Waals surface area (Å²) in [6.45, 7) is 1.16. The number of amides is 3. The van der Waals surface area contributed by atoms with Gasteiger partial charge in [0.15, 0.2) is 6.04 Å². The lowest BCUT2D eigenvalue weighted by Crippen LogP contribution is -2.58. The zero-order valence-corrected chi connectivity index (χ0v) is 21.4. The van der Waals surface area contributed by atoms with Gasteiger partial charge in [0, 0.05) is 12.8 Å². The van der Waals surface area contributed by atoms with Gasteiger partial charge >= 0.3 is 11.9 Å². The third-order valence-electron chi connectivity index (χ3n) is 5.88. The van der Waals surface area contributed by atoms with Crippen LogP contribution in [0.25, 0.3) is 0 Å². The Bertz CT molecular complexity index is 1130. The molecule has 3 amide bonds. The molecule has 0 radical (unpaired) electrons. The van der Waals surface area contributed by atoms with E-state index in [2.05, 4.69) is 16.0 Å². The van der Waals surface area contributed by atoms with E-state index in [1.54, 1.807) is 42.5 Å². The second kappa shape index (κ2) is 15.2. The number of nitrogens with two attached hydrogens (primary N) is 1. The third kappa shape index (κ3) is 10.5. The summed E-state index contributed by atoms with van der Waals surface area (Å²) in [4.78, 5) is 61.6. The minimum atomic E-state index is -1.68. The largest absolute Gasteiger partial charge is 0.481 e. The molecule has 0 aliphatic carbocycles. The molecule has 2 aromatic rings. The average molecular weight is 543 g/mol. The molecule has 5 unspecified atom stereocenters. The van der Waals surface area contributed by atoms with E-state index < -0.39 is 66.4 Å². The maximum atomic E-state index is 13.3. The van der Waals surface area contributed by atoms with Gasteiger partial charge in [0.05, 0.1) is 12.1 Å². The Hall–Kier alpha value is -4.29. The summed E-state index contributed by atoms with van der Waals surface area (Å²) in [6, 6.07) is 12.5. The Morgan fingerprint density at radius 2 is 1.23 bits per heavy atom. The normalized spacial score (nSPS) is 14.6. The van der Waals surface area contributed by atoms with Gasteiger partial charge in [-0.3, -0.25) is 19.2 Å². The van der Waals surface area contributed by atoms with Gasteiger partial charge in [-0.05, 0) is 30.9 Å². The summed E-state index contributed by atoms with van der Waals surface area (Å²) in [5.74, 6) is -5.16. The summed E-state index contributed by atoms with van der Waals surface area (Å²) in [5, 5.41) is 35.2. The molecule has 0 aliphatic rings. The molecule has 0 fully saturated rings. The highest BCUT2D eigenvalue weighted by Crippen LogP contribution is 2.08. The van der Waals surface area contributed by atoms with E-state index in [0.29, 0.717) is 5.56 Å². The quantitative estimate of drug-likeness (QED) is 0.156. The minimum Gasteiger partial charge on any atom is -0.481 e. The first kappa shape index (κ1) is 30.9. The molecule has 0 aliphatic heterocycles. The zero-order chi connectivity index (χ0) is 28.9. The van der Waals surface area contributed by atoms with E-state index in [4.69, 9.17) is 10.8 Å². The van der Waals surface area contributed by atoms with E-state index in [1.807, 2.05) is 18.2 Å². The van der Waals surface area contributed by atoms with Crippen molar-refractivity contribution in [3.8, 4) is 0 Å². The molecule has 5 atom stereocenters. The van der Waals surface area contributed by atoms with Crippen molar-refractivity contribution in [3.05, 3.63) is 71.8 Å². The van der Waals surface area contributed by atoms with Gasteiger partial charge in [-0.25, -0.2) is 4.79 Å². The summed E-state index contributed by atoms with van der Waals surface area (Å²) in [6.07, 6.45) is -2.08.